The van der Waals surface area contributed by atoms with E-state index in [1.54, 1.807) is 14.2 Å². The first-order valence-electron chi connectivity index (χ1n) is 7.74. The van der Waals surface area contributed by atoms with Gasteiger partial charge >= 0.3 is 0 Å². The smallest absolute Gasteiger partial charge is 0.161 e. The van der Waals surface area contributed by atoms with Gasteiger partial charge in [-0.1, -0.05) is 19.8 Å². The molecule has 1 aromatic carbocycles. The van der Waals surface area contributed by atoms with Crippen LogP contribution in [0, 0.1) is 0 Å². The van der Waals surface area contributed by atoms with Crippen LogP contribution in [0.3, 0.4) is 0 Å². The Kier molecular flexibility index (Phi) is 3.63. The Hall–Kier alpha value is -1.22. The Morgan fingerprint density at radius 3 is 2.40 bits per heavy atom. The summed E-state index contributed by atoms with van der Waals surface area (Å²) in [6, 6.07) is 4.87. The topological polar surface area (TPSA) is 30.5 Å². The fourth-order valence-corrected chi connectivity index (χ4v) is 4.03. The third kappa shape index (κ3) is 1.99. The maximum atomic E-state index is 5.53. The van der Waals surface area contributed by atoms with E-state index in [4.69, 9.17) is 9.47 Å². The fraction of sp³-hybridized carbons (Fsp3) is 0.647. The number of ether oxygens (including phenoxy) is 2. The van der Waals surface area contributed by atoms with Crippen molar-refractivity contribution in [1.82, 2.24) is 5.32 Å². The van der Waals surface area contributed by atoms with Crippen LogP contribution in [0.15, 0.2) is 12.1 Å². The molecule has 1 atom stereocenters. The number of nitrogens with one attached hydrogen (secondary N) is 1. The summed E-state index contributed by atoms with van der Waals surface area (Å²) < 4.78 is 11.0. The minimum absolute atomic E-state index is 0.320. The highest BCUT2D eigenvalue weighted by atomic mass is 16.5. The summed E-state index contributed by atoms with van der Waals surface area (Å²) in [5.74, 6) is 1.72. The lowest BCUT2D eigenvalue weighted by atomic mass is 9.72. The summed E-state index contributed by atoms with van der Waals surface area (Å²) in [5, 5.41) is 3.75. The van der Waals surface area contributed by atoms with E-state index in [0.29, 0.717) is 11.5 Å². The van der Waals surface area contributed by atoms with Crippen molar-refractivity contribution >= 4 is 0 Å². The van der Waals surface area contributed by atoms with Crippen LogP contribution in [-0.4, -0.2) is 20.8 Å². The van der Waals surface area contributed by atoms with Crippen molar-refractivity contribution in [3.05, 3.63) is 23.3 Å². The molecule has 2 aliphatic rings. The van der Waals surface area contributed by atoms with Crippen molar-refractivity contribution in [3.63, 3.8) is 0 Å². The molecule has 1 aliphatic heterocycles. The first-order chi connectivity index (χ1) is 9.74. The lowest BCUT2D eigenvalue weighted by molar-refractivity contribution is 0.321. The molecule has 1 N–H and O–H groups in total. The monoisotopic (exact) mass is 275 g/mol. The van der Waals surface area contributed by atoms with E-state index in [1.165, 1.54) is 36.8 Å². The second-order valence-electron chi connectivity index (χ2n) is 6.12. The molecule has 1 fully saturated rings. The number of benzene rings is 1. The SMILES string of the molecule is CCC1NCC2(CCCC2)c2cc(OC)c(OC)cc21. The zero-order valence-electron chi connectivity index (χ0n) is 12.8. The van der Waals surface area contributed by atoms with Gasteiger partial charge < -0.3 is 14.8 Å². The molecule has 1 aromatic rings. The maximum Gasteiger partial charge on any atom is 0.161 e. The Labute approximate surface area is 121 Å². The van der Waals surface area contributed by atoms with Crippen LogP contribution in [0.2, 0.25) is 0 Å². The third-order valence-corrected chi connectivity index (χ3v) is 5.16. The number of rotatable bonds is 3. The highest BCUT2D eigenvalue weighted by Crippen LogP contribution is 2.49. The maximum absolute atomic E-state index is 5.53. The van der Waals surface area contributed by atoms with Gasteiger partial charge in [-0.25, -0.2) is 0 Å². The minimum Gasteiger partial charge on any atom is -0.493 e. The first kappa shape index (κ1) is 13.7. The molecule has 1 saturated carbocycles. The van der Waals surface area contributed by atoms with Gasteiger partial charge in [-0.05, 0) is 42.5 Å². The molecule has 0 amide bonds. The molecule has 0 saturated heterocycles. The van der Waals surface area contributed by atoms with Crippen molar-refractivity contribution in [2.24, 2.45) is 0 Å². The molecule has 1 aliphatic carbocycles. The molecule has 3 heteroatoms. The predicted molar refractivity (Wildman–Crippen MR) is 80.7 cm³/mol. The summed E-state index contributed by atoms with van der Waals surface area (Å²) in [5.41, 5.74) is 3.23. The van der Waals surface area contributed by atoms with Crippen molar-refractivity contribution in [1.29, 1.82) is 0 Å². The normalized spacial score (nSPS) is 23.6. The molecular formula is C17H25NO2. The van der Waals surface area contributed by atoms with Crippen LogP contribution >= 0.6 is 0 Å². The highest BCUT2D eigenvalue weighted by Gasteiger charge is 2.42. The van der Waals surface area contributed by atoms with Crippen LogP contribution in [0.5, 0.6) is 11.5 Å². The molecular weight excluding hydrogens is 250 g/mol. The van der Waals surface area contributed by atoms with Crippen molar-refractivity contribution in [2.45, 2.75) is 50.5 Å². The Morgan fingerprint density at radius 1 is 1.15 bits per heavy atom. The van der Waals surface area contributed by atoms with Gasteiger partial charge in [0.15, 0.2) is 11.5 Å². The van der Waals surface area contributed by atoms with E-state index < -0.39 is 0 Å². The third-order valence-electron chi connectivity index (χ3n) is 5.16. The van der Waals surface area contributed by atoms with Crippen LogP contribution in [0.1, 0.15) is 56.2 Å². The van der Waals surface area contributed by atoms with Crippen molar-refractivity contribution in [3.8, 4) is 11.5 Å². The molecule has 110 valence electrons. The van der Waals surface area contributed by atoms with Gasteiger partial charge in [0.05, 0.1) is 14.2 Å². The number of hydrogen-bond acceptors (Lipinski definition) is 3. The fourth-order valence-electron chi connectivity index (χ4n) is 4.03. The van der Waals surface area contributed by atoms with Crippen molar-refractivity contribution in [2.75, 3.05) is 20.8 Å². The van der Waals surface area contributed by atoms with E-state index in [2.05, 4.69) is 24.4 Å². The molecule has 1 heterocycles. The average molecular weight is 275 g/mol. The van der Waals surface area contributed by atoms with Gasteiger partial charge in [0, 0.05) is 18.0 Å². The summed E-state index contributed by atoms with van der Waals surface area (Å²) in [7, 11) is 3.44. The molecule has 3 nitrogen and oxygen atoms in total. The molecule has 3 rings (SSSR count). The molecule has 0 aromatic heterocycles. The van der Waals surface area contributed by atoms with Gasteiger partial charge in [-0.2, -0.15) is 0 Å². The van der Waals surface area contributed by atoms with E-state index in [9.17, 15) is 0 Å². The Balaban J connectivity index is 2.14. The number of methoxy groups -OCH3 is 2. The van der Waals surface area contributed by atoms with Gasteiger partial charge in [0.25, 0.3) is 0 Å². The lowest BCUT2D eigenvalue weighted by Crippen LogP contribution is -2.43. The Bertz CT molecular complexity index is 492. The summed E-state index contributed by atoms with van der Waals surface area (Å²) in [6.07, 6.45) is 6.37. The van der Waals surface area contributed by atoms with Gasteiger partial charge in [-0.3, -0.25) is 0 Å². The van der Waals surface area contributed by atoms with Crippen molar-refractivity contribution < 1.29 is 9.47 Å². The molecule has 0 radical (unpaired) electrons. The van der Waals surface area contributed by atoms with Crippen LogP contribution < -0.4 is 14.8 Å². The summed E-state index contributed by atoms with van der Waals surface area (Å²) in [6.45, 7) is 3.35. The zero-order valence-corrected chi connectivity index (χ0v) is 12.8. The van der Waals surface area contributed by atoms with Gasteiger partial charge in [0.2, 0.25) is 0 Å². The highest BCUT2D eigenvalue weighted by molar-refractivity contribution is 5.52. The van der Waals surface area contributed by atoms with Gasteiger partial charge in [-0.15, -0.1) is 0 Å². The summed E-state index contributed by atoms with van der Waals surface area (Å²) >= 11 is 0. The average Bonchev–Trinajstić information content (AvgIpc) is 2.96. The predicted octanol–water partition coefficient (Wildman–Crippen LogP) is 3.57. The number of hydrogen-bond donors (Lipinski definition) is 1. The van der Waals surface area contributed by atoms with Crippen LogP contribution in [0.4, 0.5) is 0 Å². The van der Waals surface area contributed by atoms with Crippen LogP contribution in [0.25, 0.3) is 0 Å². The minimum atomic E-state index is 0.320. The first-order valence-corrected chi connectivity index (χ1v) is 7.74. The quantitative estimate of drug-likeness (QED) is 0.914. The standard InChI is InChI=1S/C17H25NO2/c1-4-14-12-9-15(19-2)16(20-3)10-13(12)17(11-18-14)7-5-6-8-17/h9-10,14,18H,4-8,11H2,1-3H3. The summed E-state index contributed by atoms with van der Waals surface area (Å²) in [4.78, 5) is 0. The molecule has 1 unspecified atom stereocenters. The number of fused-ring (bicyclic) bond motifs is 2. The van der Waals surface area contributed by atoms with Crippen LogP contribution in [-0.2, 0) is 5.41 Å². The molecule has 20 heavy (non-hydrogen) atoms. The van der Waals surface area contributed by atoms with E-state index in [-0.39, 0.29) is 0 Å². The van der Waals surface area contributed by atoms with Gasteiger partial charge in [0.1, 0.15) is 0 Å². The van der Waals surface area contributed by atoms with E-state index >= 15 is 0 Å². The second kappa shape index (κ2) is 5.28. The Morgan fingerprint density at radius 2 is 1.80 bits per heavy atom. The lowest BCUT2D eigenvalue weighted by Gasteiger charge is -2.40. The molecule has 1 spiro atoms. The zero-order chi connectivity index (χ0) is 14.2. The van der Waals surface area contributed by atoms with E-state index in [1.807, 2.05) is 0 Å². The largest absolute Gasteiger partial charge is 0.493 e. The van der Waals surface area contributed by atoms with E-state index in [0.717, 1.165) is 24.5 Å². The second-order valence-corrected chi connectivity index (χ2v) is 6.12. The molecule has 0 bridgehead atoms.